The van der Waals surface area contributed by atoms with Gasteiger partial charge in [-0.15, -0.1) is 11.3 Å². The van der Waals surface area contributed by atoms with Gasteiger partial charge in [0.1, 0.15) is 0 Å². The van der Waals surface area contributed by atoms with Gasteiger partial charge in [-0.05, 0) is 6.92 Å². The Morgan fingerprint density at radius 3 is 2.86 bits per heavy atom. The Bertz CT molecular complexity index is 718. The lowest BCUT2D eigenvalue weighted by atomic mass is 10.3. The first-order chi connectivity index (χ1) is 10.7. The zero-order valence-electron chi connectivity index (χ0n) is 12.4. The number of hydrogen-bond donors (Lipinski definition) is 0. The molecule has 0 radical (unpaired) electrons. The summed E-state index contributed by atoms with van der Waals surface area (Å²) in [6, 6.07) is 1.58. The Labute approximate surface area is 131 Å². The fraction of sp³-hybridized carbons (Fsp3) is 0.500. The van der Waals surface area contributed by atoms with Gasteiger partial charge < -0.3 is 9.64 Å². The minimum Gasteiger partial charge on any atom is -0.450 e. The molecule has 1 amide bonds. The summed E-state index contributed by atoms with van der Waals surface area (Å²) in [6.45, 7) is 5.61. The van der Waals surface area contributed by atoms with Crippen molar-refractivity contribution in [1.29, 1.82) is 0 Å². The van der Waals surface area contributed by atoms with Gasteiger partial charge in [0.25, 0.3) is 5.56 Å². The van der Waals surface area contributed by atoms with Gasteiger partial charge in [0.2, 0.25) is 0 Å². The zero-order chi connectivity index (χ0) is 15.5. The number of piperazine rings is 1. The largest absolute Gasteiger partial charge is 0.450 e. The van der Waals surface area contributed by atoms with Gasteiger partial charge in [0.15, 0.2) is 4.96 Å². The first-order valence-corrected chi connectivity index (χ1v) is 8.15. The molecular weight excluding hydrogens is 304 g/mol. The molecule has 1 saturated heterocycles. The summed E-state index contributed by atoms with van der Waals surface area (Å²) in [5, 5.41) is 1.85. The zero-order valence-corrected chi connectivity index (χ0v) is 13.2. The van der Waals surface area contributed by atoms with Crippen molar-refractivity contribution in [2.24, 2.45) is 0 Å². The molecule has 0 bridgehead atoms. The molecule has 118 valence electrons. The number of thiazole rings is 1. The summed E-state index contributed by atoms with van der Waals surface area (Å²) in [7, 11) is 0. The van der Waals surface area contributed by atoms with Crippen LogP contribution in [0.4, 0.5) is 4.79 Å². The van der Waals surface area contributed by atoms with E-state index in [-0.39, 0.29) is 11.7 Å². The third-order valence-corrected chi connectivity index (χ3v) is 4.40. The lowest BCUT2D eigenvalue weighted by Gasteiger charge is -2.33. The molecule has 0 aliphatic carbocycles. The molecule has 22 heavy (non-hydrogen) atoms. The fourth-order valence-electron chi connectivity index (χ4n) is 2.50. The summed E-state index contributed by atoms with van der Waals surface area (Å²) in [5.41, 5.74) is 0.725. The van der Waals surface area contributed by atoms with E-state index >= 15 is 0 Å². The van der Waals surface area contributed by atoms with Crippen LogP contribution in [-0.2, 0) is 11.3 Å². The molecule has 1 fully saturated rings. The summed E-state index contributed by atoms with van der Waals surface area (Å²) < 4.78 is 6.55. The van der Waals surface area contributed by atoms with Gasteiger partial charge in [0, 0.05) is 50.4 Å². The molecular formula is C14H18N4O3S. The summed E-state index contributed by atoms with van der Waals surface area (Å²) >= 11 is 1.45. The number of nitrogens with zero attached hydrogens (tertiary/aromatic N) is 4. The standard InChI is InChI=1S/C14H18N4O3S/c1-2-21-14(20)17-5-3-16(4-6-17)10-11-9-12(19)18-7-8-22-13(18)15-11/h7-9H,2-6,10H2,1H3. The summed E-state index contributed by atoms with van der Waals surface area (Å²) in [5.74, 6) is 0. The maximum atomic E-state index is 12.0. The number of fused-ring (bicyclic) bond motifs is 1. The molecule has 0 aromatic carbocycles. The number of ether oxygens (including phenoxy) is 1. The number of carbonyl (C=O) groups excluding carboxylic acids is 1. The predicted molar refractivity (Wildman–Crippen MR) is 83.2 cm³/mol. The van der Waals surface area contributed by atoms with E-state index in [0.717, 1.165) is 18.8 Å². The van der Waals surface area contributed by atoms with E-state index in [1.807, 2.05) is 5.38 Å². The molecule has 0 saturated carbocycles. The number of amides is 1. The van der Waals surface area contributed by atoms with Crippen LogP contribution in [0.2, 0.25) is 0 Å². The van der Waals surface area contributed by atoms with Gasteiger partial charge in [-0.1, -0.05) is 0 Å². The highest BCUT2D eigenvalue weighted by Crippen LogP contribution is 2.10. The molecule has 8 heteroatoms. The van der Waals surface area contributed by atoms with E-state index in [9.17, 15) is 9.59 Å². The van der Waals surface area contributed by atoms with E-state index in [0.29, 0.717) is 31.2 Å². The molecule has 2 aromatic rings. The average molecular weight is 322 g/mol. The van der Waals surface area contributed by atoms with Gasteiger partial charge in [0.05, 0.1) is 12.3 Å². The lowest BCUT2D eigenvalue weighted by molar-refractivity contribution is 0.0775. The smallest absolute Gasteiger partial charge is 0.409 e. The lowest BCUT2D eigenvalue weighted by Crippen LogP contribution is -2.48. The molecule has 1 aliphatic heterocycles. The minimum absolute atomic E-state index is 0.0496. The molecule has 2 aromatic heterocycles. The Morgan fingerprint density at radius 1 is 1.36 bits per heavy atom. The molecule has 0 unspecified atom stereocenters. The Balaban J connectivity index is 1.62. The van der Waals surface area contributed by atoms with Gasteiger partial charge in [-0.2, -0.15) is 0 Å². The Kier molecular flexibility index (Phi) is 4.39. The maximum Gasteiger partial charge on any atom is 0.409 e. The minimum atomic E-state index is -0.251. The molecule has 3 rings (SSSR count). The van der Waals surface area contributed by atoms with Crippen molar-refractivity contribution in [2.45, 2.75) is 13.5 Å². The maximum absolute atomic E-state index is 12.0. The monoisotopic (exact) mass is 322 g/mol. The van der Waals surface area contributed by atoms with Crippen LogP contribution in [0.25, 0.3) is 4.96 Å². The highest BCUT2D eigenvalue weighted by molar-refractivity contribution is 7.15. The molecule has 7 nitrogen and oxygen atoms in total. The van der Waals surface area contributed by atoms with Crippen molar-refractivity contribution in [3.05, 3.63) is 33.7 Å². The van der Waals surface area contributed by atoms with Crippen molar-refractivity contribution >= 4 is 22.4 Å². The van der Waals surface area contributed by atoms with E-state index in [1.165, 1.54) is 11.3 Å². The van der Waals surface area contributed by atoms with Crippen molar-refractivity contribution in [3.8, 4) is 0 Å². The second-order valence-corrected chi connectivity index (χ2v) is 5.98. The van der Waals surface area contributed by atoms with Gasteiger partial charge >= 0.3 is 6.09 Å². The molecule has 1 aliphatic rings. The molecule has 0 N–H and O–H groups in total. The normalized spacial score (nSPS) is 16.1. The van der Waals surface area contributed by atoms with Crippen LogP contribution in [0.3, 0.4) is 0 Å². The second kappa shape index (κ2) is 6.45. The number of rotatable bonds is 3. The predicted octanol–water partition coefficient (Wildman–Crippen LogP) is 1.03. The molecule has 0 atom stereocenters. The first kappa shape index (κ1) is 15.0. The highest BCUT2D eigenvalue weighted by Gasteiger charge is 2.22. The number of hydrogen-bond acceptors (Lipinski definition) is 6. The number of aromatic nitrogens is 2. The van der Waals surface area contributed by atoms with Gasteiger partial charge in [-0.25, -0.2) is 9.78 Å². The van der Waals surface area contributed by atoms with Crippen LogP contribution in [0, 0.1) is 0 Å². The Morgan fingerprint density at radius 2 is 2.14 bits per heavy atom. The highest BCUT2D eigenvalue weighted by atomic mass is 32.1. The topological polar surface area (TPSA) is 67.2 Å². The average Bonchev–Trinajstić information content (AvgIpc) is 2.97. The van der Waals surface area contributed by atoms with Crippen LogP contribution in [0.1, 0.15) is 12.6 Å². The van der Waals surface area contributed by atoms with Crippen LogP contribution in [-0.4, -0.2) is 58.1 Å². The Hall–Kier alpha value is -1.93. The van der Waals surface area contributed by atoms with E-state index in [4.69, 9.17) is 4.74 Å². The third kappa shape index (κ3) is 3.12. The quantitative estimate of drug-likeness (QED) is 0.844. The van der Waals surface area contributed by atoms with Crippen LogP contribution < -0.4 is 5.56 Å². The van der Waals surface area contributed by atoms with E-state index in [2.05, 4.69) is 9.88 Å². The van der Waals surface area contributed by atoms with Crippen LogP contribution in [0.5, 0.6) is 0 Å². The van der Waals surface area contributed by atoms with Crippen molar-refractivity contribution in [3.63, 3.8) is 0 Å². The van der Waals surface area contributed by atoms with Gasteiger partial charge in [-0.3, -0.25) is 14.1 Å². The second-order valence-electron chi connectivity index (χ2n) is 5.10. The summed E-state index contributed by atoms with van der Waals surface area (Å²) in [4.78, 5) is 32.7. The van der Waals surface area contributed by atoms with E-state index < -0.39 is 0 Å². The number of carbonyl (C=O) groups is 1. The van der Waals surface area contributed by atoms with Crippen molar-refractivity contribution in [1.82, 2.24) is 19.2 Å². The van der Waals surface area contributed by atoms with Crippen LogP contribution in [0.15, 0.2) is 22.4 Å². The van der Waals surface area contributed by atoms with Crippen molar-refractivity contribution < 1.29 is 9.53 Å². The van der Waals surface area contributed by atoms with Crippen LogP contribution >= 0.6 is 11.3 Å². The van der Waals surface area contributed by atoms with Crippen molar-refractivity contribution in [2.75, 3.05) is 32.8 Å². The van der Waals surface area contributed by atoms with E-state index in [1.54, 1.807) is 28.5 Å². The fourth-order valence-corrected chi connectivity index (χ4v) is 3.24. The molecule has 0 spiro atoms. The SMILES string of the molecule is CCOC(=O)N1CCN(Cc2cc(=O)n3ccsc3n2)CC1. The first-order valence-electron chi connectivity index (χ1n) is 7.27. The summed E-state index contributed by atoms with van der Waals surface area (Å²) in [6.07, 6.45) is 1.48. The third-order valence-electron chi connectivity index (χ3n) is 3.64. The molecule has 3 heterocycles.